The van der Waals surface area contributed by atoms with Crippen LogP contribution in [0.4, 0.5) is 4.39 Å². The molecule has 0 heterocycles. The summed E-state index contributed by atoms with van der Waals surface area (Å²) in [5.41, 5.74) is 2.66. The first-order valence-electron chi connectivity index (χ1n) is 7.28. The number of aldehydes is 1. The number of halogens is 1. The van der Waals surface area contributed by atoms with Crippen molar-refractivity contribution in [2.75, 3.05) is 0 Å². The molecule has 3 rings (SSSR count). The molecule has 0 amide bonds. The van der Waals surface area contributed by atoms with Gasteiger partial charge in [-0.15, -0.1) is 0 Å². The number of carbonyl (C=O) groups excluding carboxylic acids is 1. The van der Waals surface area contributed by atoms with Crippen LogP contribution in [0.3, 0.4) is 0 Å². The molecule has 0 N–H and O–H groups in total. The maximum absolute atomic E-state index is 14.3. The van der Waals surface area contributed by atoms with E-state index in [0.29, 0.717) is 29.0 Å². The Kier molecular flexibility index (Phi) is 4.48. The first-order chi connectivity index (χ1) is 11.3. The van der Waals surface area contributed by atoms with Crippen molar-refractivity contribution >= 4 is 6.29 Å². The summed E-state index contributed by atoms with van der Waals surface area (Å²) in [5, 5.41) is 0. The van der Waals surface area contributed by atoms with E-state index in [0.717, 1.165) is 11.8 Å². The van der Waals surface area contributed by atoms with Gasteiger partial charge in [0, 0.05) is 17.2 Å². The lowest BCUT2D eigenvalue weighted by atomic mass is 10.0. The summed E-state index contributed by atoms with van der Waals surface area (Å²) in [6.45, 7) is 0.389. The van der Waals surface area contributed by atoms with Gasteiger partial charge in [0.1, 0.15) is 24.5 Å². The summed E-state index contributed by atoms with van der Waals surface area (Å²) in [6, 6.07) is 21.3. The molecule has 0 saturated heterocycles. The topological polar surface area (TPSA) is 26.3 Å². The number of carbonyl (C=O) groups is 1. The number of ether oxygens (including phenoxy) is 1. The molecule has 3 aromatic rings. The van der Waals surface area contributed by atoms with Crippen LogP contribution in [0.2, 0.25) is 0 Å². The summed E-state index contributed by atoms with van der Waals surface area (Å²) in [6.07, 6.45) is 0.749. The third-order valence-electron chi connectivity index (χ3n) is 3.52. The maximum atomic E-state index is 14.3. The van der Waals surface area contributed by atoms with Crippen LogP contribution in [0.1, 0.15) is 15.9 Å². The largest absolute Gasteiger partial charge is 0.489 e. The van der Waals surface area contributed by atoms with E-state index >= 15 is 0 Å². The molecule has 0 aromatic heterocycles. The number of hydrogen-bond donors (Lipinski definition) is 0. The molecule has 0 fully saturated rings. The van der Waals surface area contributed by atoms with Gasteiger partial charge in [-0.25, -0.2) is 4.39 Å². The highest BCUT2D eigenvalue weighted by Crippen LogP contribution is 2.27. The van der Waals surface area contributed by atoms with Crippen molar-refractivity contribution in [1.82, 2.24) is 0 Å². The van der Waals surface area contributed by atoms with Gasteiger partial charge in [-0.05, 0) is 29.3 Å². The zero-order chi connectivity index (χ0) is 16.1. The van der Waals surface area contributed by atoms with Crippen LogP contribution in [-0.2, 0) is 6.61 Å². The zero-order valence-corrected chi connectivity index (χ0v) is 12.4. The summed E-state index contributed by atoms with van der Waals surface area (Å²) in [7, 11) is 0. The van der Waals surface area contributed by atoms with Gasteiger partial charge < -0.3 is 4.74 Å². The van der Waals surface area contributed by atoms with Crippen molar-refractivity contribution in [3.8, 4) is 16.9 Å². The summed E-state index contributed by atoms with van der Waals surface area (Å²) in [4.78, 5) is 10.8. The van der Waals surface area contributed by atoms with Gasteiger partial charge in [0.05, 0.1) is 0 Å². The third kappa shape index (κ3) is 3.64. The van der Waals surface area contributed by atoms with Crippen LogP contribution in [0.25, 0.3) is 11.1 Å². The molecule has 0 unspecified atom stereocenters. The first-order valence-corrected chi connectivity index (χ1v) is 7.28. The molecule has 0 bridgehead atoms. The second-order valence-electron chi connectivity index (χ2n) is 5.16. The van der Waals surface area contributed by atoms with E-state index in [1.54, 1.807) is 36.4 Å². The molecule has 0 saturated carbocycles. The van der Waals surface area contributed by atoms with Crippen LogP contribution < -0.4 is 4.74 Å². The van der Waals surface area contributed by atoms with Gasteiger partial charge in [-0.3, -0.25) is 4.79 Å². The van der Waals surface area contributed by atoms with E-state index in [9.17, 15) is 9.18 Å². The monoisotopic (exact) mass is 306 g/mol. The van der Waals surface area contributed by atoms with Crippen LogP contribution in [-0.4, -0.2) is 6.29 Å². The molecule has 114 valence electrons. The summed E-state index contributed by atoms with van der Waals surface area (Å²) < 4.78 is 19.9. The van der Waals surface area contributed by atoms with Crippen LogP contribution in [0.15, 0.2) is 72.8 Å². The van der Waals surface area contributed by atoms with Crippen LogP contribution >= 0.6 is 0 Å². The van der Waals surface area contributed by atoms with Gasteiger partial charge in [-0.1, -0.05) is 48.5 Å². The summed E-state index contributed by atoms with van der Waals surface area (Å²) in [5.74, 6) is 0.0975. The predicted molar refractivity (Wildman–Crippen MR) is 88.0 cm³/mol. The average molecular weight is 306 g/mol. The van der Waals surface area contributed by atoms with Crippen molar-refractivity contribution in [2.24, 2.45) is 0 Å². The lowest BCUT2D eigenvalue weighted by Gasteiger charge is -2.09. The average Bonchev–Trinajstić information content (AvgIpc) is 2.61. The lowest BCUT2D eigenvalue weighted by Crippen LogP contribution is -1.96. The molecule has 2 nitrogen and oxygen atoms in total. The van der Waals surface area contributed by atoms with E-state index in [1.165, 1.54) is 6.07 Å². The molecule has 3 aromatic carbocycles. The quantitative estimate of drug-likeness (QED) is 0.628. The van der Waals surface area contributed by atoms with Crippen molar-refractivity contribution in [2.45, 2.75) is 6.61 Å². The predicted octanol–water partition coefficient (Wildman–Crippen LogP) is 4.88. The van der Waals surface area contributed by atoms with Crippen molar-refractivity contribution in [1.29, 1.82) is 0 Å². The Bertz CT molecular complexity index is 813. The highest BCUT2D eigenvalue weighted by molar-refractivity contribution is 5.79. The Morgan fingerprint density at radius 2 is 1.74 bits per heavy atom. The van der Waals surface area contributed by atoms with Gasteiger partial charge in [0.2, 0.25) is 0 Å². The number of benzene rings is 3. The molecule has 0 aliphatic carbocycles. The van der Waals surface area contributed by atoms with Crippen LogP contribution in [0.5, 0.6) is 5.75 Å². The third-order valence-corrected chi connectivity index (χ3v) is 3.52. The van der Waals surface area contributed by atoms with E-state index < -0.39 is 0 Å². The van der Waals surface area contributed by atoms with Crippen molar-refractivity contribution in [3.05, 3.63) is 89.7 Å². The molecule has 0 aliphatic rings. The SMILES string of the molecule is O=Cc1cccc(-c2ccc(OCc3ccccc3)cc2F)c1. The zero-order valence-electron chi connectivity index (χ0n) is 12.4. The molecular formula is C20H15FO2. The fraction of sp³-hybridized carbons (Fsp3) is 0.0500. The molecule has 0 atom stereocenters. The number of rotatable bonds is 5. The van der Waals surface area contributed by atoms with Gasteiger partial charge in [-0.2, -0.15) is 0 Å². The Morgan fingerprint density at radius 1 is 0.913 bits per heavy atom. The van der Waals surface area contributed by atoms with Gasteiger partial charge in [0.15, 0.2) is 0 Å². The van der Waals surface area contributed by atoms with Crippen molar-refractivity contribution < 1.29 is 13.9 Å². The first kappa shape index (κ1) is 15.0. The molecule has 0 spiro atoms. The normalized spacial score (nSPS) is 10.3. The van der Waals surface area contributed by atoms with E-state index in [-0.39, 0.29) is 5.82 Å². The summed E-state index contributed by atoms with van der Waals surface area (Å²) >= 11 is 0. The fourth-order valence-corrected chi connectivity index (χ4v) is 2.34. The smallest absolute Gasteiger partial charge is 0.150 e. The minimum Gasteiger partial charge on any atom is -0.489 e. The maximum Gasteiger partial charge on any atom is 0.150 e. The Labute approximate surface area is 134 Å². The Morgan fingerprint density at radius 3 is 2.48 bits per heavy atom. The highest BCUT2D eigenvalue weighted by atomic mass is 19.1. The van der Waals surface area contributed by atoms with Crippen LogP contribution in [0, 0.1) is 5.82 Å². The Hall–Kier alpha value is -2.94. The van der Waals surface area contributed by atoms with E-state index in [4.69, 9.17) is 4.74 Å². The van der Waals surface area contributed by atoms with E-state index in [2.05, 4.69) is 0 Å². The lowest BCUT2D eigenvalue weighted by molar-refractivity contribution is 0.112. The standard InChI is InChI=1S/C20H15FO2/c21-20-12-18(23-14-15-5-2-1-3-6-15)9-10-19(20)17-8-4-7-16(11-17)13-22/h1-13H,14H2. The second kappa shape index (κ2) is 6.88. The number of hydrogen-bond acceptors (Lipinski definition) is 2. The van der Waals surface area contributed by atoms with Gasteiger partial charge >= 0.3 is 0 Å². The Balaban J connectivity index is 1.79. The molecule has 23 heavy (non-hydrogen) atoms. The molecule has 3 heteroatoms. The second-order valence-corrected chi connectivity index (χ2v) is 5.16. The minimum atomic E-state index is -0.376. The fourth-order valence-electron chi connectivity index (χ4n) is 2.34. The minimum absolute atomic E-state index is 0.376. The molecule has 0 aliphatic heterocycles. The molecular weight excluding hydrogens is 291 g/mol. The van der Waals surface area contributed by atoms with Crippen molar-refractivity contribution in [3.63, 3.8) is 0 Å². The molecule has 0 radical (unpaired) electrons. The van der Waals surface area contributed by atoms with E-state index in [1.807, 2.05) is 30.3 Å². The highest BCUT2D eigenvalue weighted by Gasteiger charge is 2.07. The van der Waals surface area contributed by atoms with Gasteiger partial charge in [0.25, 0.3) is 0 Å².